The van der Waals surface area contributed by atoms with E-state index in [2.05, 4.69) is 22.1 Å². The molecule has 0 aliphatic carbocycles. The molecule has 1 saturated heterocycles. The van der Waals surface area contributed by atoms with Crippen molar-refractivity contribution in [2.24, 2.45) is 0 Å². The number of anilines is 1. The number of piperidine rings is 1. The minimum Gasteiger partial charge on any atom is -0.475 e. The number of nitrogens with zero attached hydrogens (tertiary/aromatic N) is 2. The van der Waals surface area contributed by atoms with Gasteiger partial charge in [0.1, 0.15) is 17.4 Å². The first-order valence-electron chi connectivity index (χ1n) is 7.65. The van der Waals surface area contributed by atoms with Crippen molar-refractivity contribution in [2.75, 3.05) is 38.1 Å². The summed E-state index contributed by atoms with van der Waals surface area (Å²) in [6.45, 7) is 6.75. The summed E-state index contributed by atoms with van der Waals surface area (Å²) in [7, 11) is 0. The maximum Gasteiger partial charge on any atom is 0.234 e. The largest absolute Gasteiger partial charge is 0.475 e. The molecular weight excluding hydrogens is 309 g/mol. The maximum absolute atomic E-state index is 6.14. The second kappa shape index (κ2) is 8.66. The van der Waals surface area contributed by atoms with Gasteiger partial charge in [0.15, 0.2) is 0 Å². The van der Waals surface area contributed by atoms with Crippen molar-refractivity contribution < 1.29 is 4.74 Å². The lowest BCUT2D eigenvalue weighted by Gasteiger charge is -2.26. The molecule has 0 bridgehead atoms. The van der Waals surface area contributed by atoms with Crippen LogP contribution in [-0.2, 0) is 0 Å². The second-order valence-corrected chi connectivity index (χ2v) is 6.10. The van der Waals surface area contributed by atoms with Crippen LogP contribution in [0.3, 0.4) is 0 Å². The van der Waals surface area contributed by atoms with Gasteiger partial charge in [-0.05, 0) is 38.4 Å². The van der Waals surface area contributed by atoms with Gasteiger partial charge in [-0.1, -0.05) is 36.5 Å². The Kier molecular flexibility index (Phi) is 6.87. The minimum absolute atomic E-state index is 0.455. The highest BCUT2D eigenvalue weighted by Gasteiger charge is 2.12. The zero-order valence-electron chi connectivity index (χ0n) is 12.5. The molecule has 0 unspecified atom stereocenters. The number of rotatable bonds is 7. The third-order valence-electron chi connectivity index (χ3n) is 3.53. The molecule has 1 aliphatic heterocycles. The third-order valence-corrected chi connectivity index (χ3v) is 4.09. The van der Waals surface area contributed by atoms with E-state index in [0.717, 1.165) is 32.6 Å². The summed E-state index contributed by atoms with van der Waals surface area (Å²) >= 11 is 12.3. The van der Waals surface area contributed by atoms with E-state index in [9.17, 15) is 0 Å². The fourth-order valence-electron chi connectivity index (χ4n) is 2.37. The van der Waals surface area contributed by atoms with Crippen LogP contribution in [-0.4, -0.2) is 42.7 Å². The molecule has 0 amide bonds. The summed E-state index contributed by atoms with van der Waals surface area (Å²) in [5, 5.41) is 4.16. The standard InChI is InChI=1S/C15H23Cl2N3O/c1-2-6-18-14-12(16)11-13(17)15(19-14)21-10-9-20-7-4-3-5-8-20/h11H,2-10H2,1H3,(H,18,19). The Bertz CT molecular complexity index is 451. The molecule has 2 rings (SSSR count). The van der Waals surface area contributed by atoms with Gasteiger partial charge < -0.3 is 10.1 Å². The van der Waals surface area contributed by atoms with Gasteiger partial charge >= 0.3 is 0 Å². The fraction of sp³-hybridized carbons (Fsp3) is 0.667. The van der Waals surface area contributed by atoms with Crippen LogP contribution in [0.25, 0.3) is 0 Å². The van der Waals surface area contributed by atoms with Crippen molar-refractivity contribution in [2.45, 2.75) is 32.6 Å². The van der Waals surface area contributed by atoms with Gasteiger partial charge in [0.25, 0.3) is 0 Å². The van der Waals surface area contributed by atoms with E-state index in [1.54, 1.807) is 6.07 Å². The Morgan fingerprint density at radius 2 is 2.00 bits per heavy atom. The van der Waals surface area contributed by atoms with Crippen LogP contribution in [0.4, 0.5) is 5.82 Å². The maximum atomic E-state index is 6.14. The molecule has 4 nitrogen and oxygen atoms in total. The number of halogens is 2. The van der Waals surface area contributed by atoms with Crippen LogP contribution in [0.1, 0.15) is 32.6 Å². The van der Waals surface area contributed by atoms with E-state index < -0.39 is 0 Å². The quantitative estimate of drug-likeness (QED) is 0.817. The van der Waals surface area contributed by atoms with E-state index in [0.29, 0.717) is 28.3 Å². The molecule has 6 heteroatoms. The number of ether oxygens (including phenoxy) is 1. The third kappa shape index (κ3) is 5.20. The van der Waals surface area contributed by atoms with Crippen molar-refractivity contribution >= 4 is 29.0 Å². The molecule has 1 fully saturated rings. The predicted octanol–water partition coefficient (Wildman–Crippen LogP) is 4.08. The zero-order chi connectivity index (χ0) is 15.1. The molecule has 21 heavy (non-hydrogen) atoms. The van der Waals surface area contributed by atoms with Crippen molar-refractivity contribution in [3.8, 4) is 5.88 Å². The molecule has 1 aliphatic rings. The van der Waals surface area contributed by atoms with Gasteiger partial charge in [0.05, 0.1) is 5.02 Å². The van der Waals surface area contributed by atoms with Gasteiger partial charge in [-0.25, -0.2) is 0 Å². The number of pyridine rings is 1. The van der Waals surface area contributed by atoms with Crippen molar-refractivity contribution in [1.29, 1.82) is 0 Å². The van der Waals surface area contributed by atoms with Crippen LogP contribution in [0.2, 0.25) is 10.0 Å². The highest BCUT2D eigenvalue weighted by Crippen LogP contribution is 2.30. The number of nitrogens with one attached hydrogen (secondary N) is 1. The molecule has 1 aromatic heterocycles. The van der Waals surface area contributed by atoms with E-state index in [4.69, 9.17) is 27.9 Å². The van der Waals surface area contributed by atoms with Crippen molar-refractivity contribution in [3.05, 3.63) is 16.1 Å². The Balaban J connectivity index is 1.88. The molecule has 118 valence electrons. The molecule has 0 atom stereocenters. The Morgan fingerprint density at radius 1 is 1.24 bits per heavy atom. The van der Waals surface area contributed by atoms with E-state index >= 15 is 0 Å². The molecule has 0 spiro atoms. The van der Waals surface area contributed by atoms with Crippen LogP contribution in [0.5, 0.6) is 5.88 Å². The van der Waals surface area contributed by atoms with E-state index in [-0.39, 0.29) is 0 Å². The lowest BCUT2D eigenvalue weighted by atomic mass is 10.1. The average Bonchev–Trinajstić information content (AvgIpc) is 2.49. The topological polar surface area (TPSA) is 37.4 Å². The number of likely N-dealkylation sites (tertiary alicyclic amines) is 1. The molecule has 2 heterocycles. The lowest BCUT2D eigenvalue weighted by Crippen LogP contribution is -2.33. The number of aromatic nitrogens is 1. The number of hydrogen-bond acceptors (Lipinski definition) is 4. The SMILES string of the molecule is CCCNc1nc(OCCN2CCCCC2)c(Cl)cc1Cl. The lowest BCUT2D eigenvalue weighted by molar-refractivity contribution is 0.180. The highest BCUT2D eigenvalue weighted by atomic mass is 35.5. The summed E-state index contributed by atoms with van der Waals surface area (Å²) in [5.74, 6) is 1.09. The molecule has 0 aromatic carbocycles. The Morgan fingerprint density at radius 3 is 2.71 bits per heavy atom. The Hall–Kier alpha value is -0.710. The van der Waals surface area contributed by atoms with Gasteiger partial charge in [-0.2, -0.15) is 4.98 Å². The minimum atomic E-state index is 0.455. The average molecular weight is 332 g/mol. The molecular formula is C15H23Cl2N3O. The van der Waals surface area contributed by atoms with Crippen LogP contribution in [0, 0.1) is 0 Å². The van der Waals surface area contributed by atoms with E-state index in [1.807, 2.05) is 0 Å². The summed E-state index contributed by atoms with van der Waals surface area (Å²) in [5.41, 5.74) is 0. The monoisotopic (exact) mass is 331 g/mol. The first-order chi connectivity index (χ1) is 10.2. The van der Waals surface area contributed by atoms with Gasteiger partial charge in [-0.3, -0.25) is 4.90 Å². The smallest absolute Gasteiger partial charge is 0.234 e. The zero-order valence-corrected chi connectivity index (χ0v) is 14.0. The van der Waals surface area contributed by atoms with Crippen LogP contribution >= 0.6 is 23.2 Å². The normalized spacial score (nSPS) is 16.0. The molecule has 1 N–H and O–H groups in total. The van der Waals surface area contributed by atoms with Gasteiger partial charge in [0, 0.05) is 13.1 Å². The van der Waals surface area contributed by atoms with Crippen molar-refractivity contribution in [1.82, 2.24) is 9.88 Å². The van der Waals surface area contributed by atoms with Gasteiger partial charge in [-0.15, -0.1) is 0 Å². The first kappa shape index (κ1) is 16.7. The fourth-order valence-corrected chi connectivity index (χ4v) is 2.85. The van der Waals surface area contributed by atoms with E-state index in [1.165, 1.54) is 19.3 Å². The summed E-state index contributed by atoms with van der Waals surface area (Å²) in [6.07, 6.45) is 4.91. The number of hydrogen-bond donors (Lipinski definition) is 1. The summed E-state index contributed by atoms with van der Waals surface area (Å²) < 4.78 is 5.73. The predicted molar refractivity (Wildman–Crippen MR) is 88.8 cm³/mol. The molecule has 0 radical (unpaired) electrons. The Labute approximate surface area is 136 Å². The summed E-state index contributed by atoms with van der Waals surface area (Å²) in [6, 6.07) is 1.68. The van der Waals surface area contributed by atoms with Crippen molar-refractivity contribution in [3.63, 3.8) is 0 Å². The second-order valence-electron chi connectivity index (χ2n) is 5.28. The molecule has 1 aromatic rings. The van der Waals surface area contributed by atoms with Gasteiger partial charge in [0.2, 0.25) is 5.88 Å². The molecule has 0 saturated carbocycles. The summed E-state index contributed by atoms with van der Waals surface area (Å²) in [4.78, 5) is 6.80. The highest BCUT2D eigenvalue weighted by molar-refractivity contribution is 6.36. The van der Waals surface area contributed by atoms with Crippen LogP contribution < -0.4 is 10.1 Å². The first-order valence-corrected chi connectivity index (χ1v) is 8.41. The van der Waals surface area contributed by atoms with Crippen LogP contribution in [0.15, 0.2) is 6.07 Å².